The van der Waals surface area contributed by atoms with Gasteiger partial charge in [0.2, 0.25) is 0 Å². The lowest BCUT2D eigenvalue weighted by Crippen LogP contribution is -2.29. The highest BCUT2D eigenvalue weighted by Gasteiger charge is 2.24. The smallest absolute Gasteiger partial charge is 0.335 e. The summed E-state index contributed by atoms with van der Waals surface area (Å²) in [6.45, 7) is 1.91. The molecule has 0 fully saturated rings. The summed E-state index contributed by atoms with van der Waals surface area (Å²) in [5, 5.41) is 20.5. The van der Waals surface area contributed by atoms with Crippen molar-refractivity contribution in [2.24, 2.45) is 0 Å². The number of aromatic nitrogens is 3. The Morgan fingerprint density at radius 1 is 1.09 bits per heavy atom. The van der Waals surface area contributed by atoms with Gasteiger partial charge in [0.1, 0.15) is 5.69 Å². The summed E-state index contributed by atoms with van der Waals surface area (Å²) in [5.41, 5.74) is 2.81. The number of hydrogen-bond acceptors (Lipinski definition) is 5. The van der Waals surface area contributed by atoms with E-state index in [1.165, 1.54) is 36.1 Å². The van der Waals surface area contributed by atoms with Gasteiger partial charge in [-0.3, -0.25) is 4.79 Å². The molecule has 4 aromatic rings. The van der Waals surface area contributed by atoms with Crippen LogP contribution in [0.4, 0.5) is 4.39 Å². The maximum Gasteiger partial charge on any atom is 0.335 e. The number of aromatic carboxylic acids is 1. The fraction of sp³-hybridized carbons (Fsp3) is 0.154. The van der Waals surface area contributed by atoms with E-state index >= 15 is 0 Å². The highest BCUT2D eigenvalue weighted by molar-refractivity contribution is 5.98. The van der Waals surface area contributed by atoms with Crippen molar-refractivity contribution in [3.8, 4) is 17.0 Å². The van der Waals surface area contributed by atoms with Crippen molar-refractivity contribution in [2.45, 2.75) is 19.5 Å². The van der Waals surface area contributed by atoms with Crippen LogP contribution in [0.5, 0.6) is 5.75 Å². The molecule has 1 atom stereocenters. The predicted molar refractivity (Wildman–Crippen MR) is 127 cm³/mol. The van der Waals surface area contributed by atoms with Gasteiger partial charge in [0.05, 0.1) is 25.3 Å². The molecule has 1 amide bonds. The second kappa shape index (κ2) is 10.2. The summed E-state index contributed by atoms with van der Waals surface area (Å²) < 4.78 is 20.6. The monoisotopic (exact) mass is 474 g/mol. The van der Waals surface area contributed by atoms with Gasteiger partial charge in [-0.1, -0.05) is 53.7 Å². The van der Waals surface area contributed by atoms with Crippen molar-refractivity contribution in [3.63, 3.8) is 0 Å². The number of methoxy groups -OCH3 is 1. The molecule has 9 heteroatoms. The van der Waals surface area contributed by atoms with Crippen LogP contribution in [0.3, 0.4) is 0 Å². The normalized spacial score (nSPS) is 11.6. The largest absolute Gasteiger partial charge is 0.494 e. The Hall–Kier alpha value is -4.53. The van der Waals surface area contributed by atoms with E-state index in [0.29, 0.717) is 16.8 Å². The Kier molecular flexibility index (Phi) is 6.86. The highest BCUT2D eigenvalue weighted by Crippen LogP contribution is 2.24. The number of carbonyl (C=O) groups excluding carboxylic acids is 1. The van der Waals surface area contributed by atoms with Crippen LogP contribution in [-0.2, 0) is 6.54 Å². The molecule has 1 aromatic heterocycles. The van der Waals surface area contributed by atoms with E-state index < -0.39 is 23.7 Å². The van der Waals surface area contributed by atoms with Crippen LogP contribution in [0.15, 0.2) is 72.8 Å². The Morgan fingerprint density at radius 3 is 2.43 bits per heavy atom. The fourth-order valence-corrected chi connectivity index (χ4v) is 3.68. The van der Waals surface area contributed by atoms with Crippen molar-refractivity contribution in [1.29, 1.82) is 0 Å². The first kappa shape index (κ1) is 23.6. The van der Waals surface area contributed by atoms with Crippen LogP contribution >= 0.6 is 0 Å². The molecule has 1 heterocycles. The summed E-state index contributed by atoms with van der Waals surface area (Å²) in [4.78, 5) is 24.6. The zero-order valence-corrected chi connectivity index (χ0v) is 19.1. The molecular weight excluding hydrogens is 451 g/mol. The first-order valence-corrected chi connectivity index (χ1v) is 10.8. The number of carbonyl (C=O) groups is 2. The van der Waals surface area contributed by atoms with Gasteiger partial charge in [-0.15, -0.1) is 5.10 Å². The van der Waals surface area contributed by atoms with Crippen molar-refractivity contribution in [3.05, 3.63) is 101 Å². The Bertz CT molecular complexity index is 1350. The van der Waals surface area contributed by atoms with Gasteiger partial charge < -0.3 is 15.2 Å². The van der Waals surface area contributed by atoms with Crippen molar-refractivity contribution >= 4 is 11.9 Å². The second-order valence-electron chi connectivity index (χ2n) is 7.90. The molecule has 0 unspecified atom stereocenters. The maximum atomic E-state index is 14.2. The first-order chi connectivity index (χ1) is 16.9. The summed E-state index contributed by atoms with van der Waals surface area (Å²) in [6, 6.07) is 19.6. The van der Waals surface area contributed by atoms with Crippen LogP contribution in [0.25, 0.3) is 11.3 Å². The number of nitrogens with zero attached hydrogens (tertiary/aromatic N) is 3. The summed E-state index contributed by atoms with van der Waals surface area (Å²) in [7, 11) is 1.39. The number of amides is 1. The molecule has 3 aromatic carbocycles. The third-order valence-corrected chi connectivity index (χ3v) is 5.55. The minimum Gasteiger partial charge on any atom is -0.494 e. The molecule has 0 aliphatic rings. The second-order valence-corrected chi connectivity index (χ2v) is 7.90. The number of carboxylic acid groups (broad SMARTS) is 1. The molecular formula is C26H23FN4O4. The number of carboxylic acids is 1. The van der Waals surface area contributed by atoms with Gasteiger partial charge in [0.15, 0.2) is 17.3 Å². The number of ether oxygens (including phenoxy) is 1. The average Bonchev–Trinajstić information content (AvgIpc) is 3.28. The van der Waals surface area contributed by atoms with Gasteiger partial charge in [-0.2, -0.15) is 0 Å². The molecule has 0 saturated heterocycles. The minimum atomic E-state index is -1.02. The zero-order valence-electron chi connectivity index (χ0n) is 19.1. The molecule has 0 aliphatic heterocycles. The molecule has 8 nitrogen and oxygen atoms in total. The van der Waals surface area contributed by atoms with Crippen LogP contribution in [0.2, 0.25) is 0 Å². The van der Waals surface area contributed by atoms with Crippen molar-refractivity contribution in [1.82, 2.24) is 20.3 Å². The molecule has 4 rings (SSSR count). The van der Waals surface area contributed by atoms with E-state index in [1.807, 2.05) is 30.3 Å². The van der Waals surface area contributed by atoms with Gasteiger partial charge in [-0.25, -0.2) is 13.9 Å². The van der Waals surface area contributed by atoms with E-state index in [4.69, 9.17) is 9.84 Å². The lowest BCUT2D eigenvalue weighted by molar-refractivity contribution is 0.0696. The lowest BCUT2D eigenvalue weighted by Gasteiger charge is -2.16. The van der Waals surface area contributed by atoms with Crippen LogP contribution < -0.4 is 10.1 Å². The number of nitrogens with one attached hydrogen (secondary N) is 1. The topological polar surface area (TPSA) is 106 Å². The molecule has 178 valence electrons. The molecule has 0 saturated carbocycles. The van der Waals surface area contributed by atoms with Crippen molar-refractivity contribution < 1.29 is 23.8 Å². The Morgan fingerprint density at radius 2 is 1.80 bits per heavy atom. The zero-order chi connectivity index (χ0) is 24.9. The van der Waals surface area contributed by atoms with E-state index in [0.717, 1.165) is 5.56 Å². The maximum absolute atomic E-state index is 14.2. The van der Waals surface area contributed by atoms with Gasteiger partial charge in [0.25, 0.3) is 5.91 Å². The molecule has 0 bridgehead atoms. The number of hydrogen-bond donors (Lipinski definition) is 2. The minimum absolute atomic E-state index is 0.116. The quantitative estimate of drug-likeness (QED) is 0.394. The van der Waals surface area contributed by atoms with Gasteiger partial charge >= 0.3 is 5.97 Å². The Balaban J connectivity index is 1.65. The Labute approximate surface area is 201 Å². The first-order valence-electron chi connectivity index (χ1n) is 10.8. The van der Waals surface area contributed by atoms with E-state index in [9.17, 15) is 14.0 Å². The van der Waals surface area contributed by atoms with Gasteiger partial charge in [-0.05, 0) is 42.3 Å². The fourth-order valence-electron chi connectivity index (χ4n) is 3.68. The highest BCUT2D eigenvalue weighted by atomic mass is 19.1. The standard InChI is InChI=1S/C26H23FN4O4/c1-16(18-9-11-20(12-10-18)26(33)34)28-25(32)24-23(19-6-4-3-5-7-19)29-30-31(24)15-17-8-13-22(35-2)21(27)14-17/h3-14,16H,15H2,1-2H3,(H,28,32)(H,33,34)/t16-/m0/s1. The molecule has 0 radical (unpaired) electrons. The average molecular weight is 474 g/mol. The number of rotatable bonds is 8. The summed E-state index contributed by atoms with van der Waals surface area (Å²) in [6.07, 6.45) is 0. The van der Waals surface area contributed by atoms with Crippen LogP contribution in [0.1, 0.15) is 44.9 Å². The predicted octanol–water partition coefficient (Wildman–Crippen LogP) is 4.33. The van der Waals surface area contributed by atoms with Gasteiger partial charge in [0, 0.05) is 5.56 Å². The lowest BCUT2D eigenvalue weighted by atomic mass is 10.1. The van der Waals surface area contributed by atoms with Crippen LogP contribution in [0, 0.1) is 5.82 Å². The molecule has 0 spiro atoms. The molecule has 35 heavy (non-hydrogen) atoms. The summed E-state index contributed by atoms with van der Waals surface area (Å²) >= 11 is 0. The van der Waals surface area contributed by atoms with E-state index in [-0.39, 0.29) is 23.6 Å². The van der Waals surface area contributed by atoms with Crippen molar-refractivity contribution in [2.75, 3.05) is 7.11 Å². The number of benzene rings is 3. The SMILES string of the molecule is COc1ccc(Cn2nnc(-c3ccccc3)c2C(=O)N[C@@H](C)c2ccc(C(=O)O)cc2)cc1F. The van der Waals surface area contributed by atoms with E-state index in [1.54, 1.807) is 25.1 Å². The third kappa shape index (κ3) is 5.19. The third-order valence-electron chi connectivity index (χ3n) is 5.55. The molecule has 2 N–H and O–H groups in total. The van der Waals surface area contributed by atoms with Crippen LogP contribution in [-0.4, -0.2) is 39.1 Å². The summed E-state index contributed by atoms with van der Waals surface area (Å²) in [5.74, 6) is -1.83. The molecule has 0 aliphatic carbocycles. The number of halogens is 1. The van der Waals surface area contributed by atoms with E-state index in [2.05, 4.69) is 15.6 Å².